The van der Waals surface area contributed by atoms with E-state index in [9.17, 15) is 13.2 Å². The summed E-state index contributed by atoms with van der Waals surface area (Å²) < 4.78 is 31.3. The molecule has 3 rings (SSSR count). The Balaban J connectivity index is 1.58. The third kappa shape index (κ3) is 5.33. The molecule has 1 aliphatic heterocycles. The van der Waals surface area contributed by atoms with Crippen LogP contribution in [0.5, 0.6) is 5.75 Å². The Morgan fingerprint density at radius 2 is 1.96 bits per heavy atom. The Kier molecular flexibility index (Phi) is 6.74. The average molecular weight is 441 g/mol. The van der Waals surface area contributed by atoms with Crippen LogP contribution in [-0.4, -0.2) is 45.5 Å². The number of carbonyl (C=O) groups is 1. The summed E-state index contributed by atoms with van der Waals surface area (Å²) in [5.74, 6) is 0.842. The number of benzene rings is 2. The van der Waals surface area contributed by atoms with Gasteiger partial charge < -0.3 is 10.1 Å². The number of ether oxygens (including phenoxy) is 1. The van der Waals surface area contributed by atoms with Crippen molar-refractivity contribution in [2.75, 3.05) is 29.4 Å². The van der Waals surface area contributed by atoms with Crippen LogP contribution in [-0.2, 0) is 14.8 Å². The van der Waals surface area contributed by atoms with E-state index in [0.29, 0.717) is 28.8 Å². The van der Waals surface area contributed by atoms with Crippen LogP contribution in [0.15, 0.2) is 53.4 Å². The smallest absolute Gasteiger partial charge is 0.261 e. The number of amides is 1. The van der Waals surface area contributed by atoms with Gasteiger partial charge in [-0.3, -0.25) is 9.10 Å². The van der Waals surface area contributed by atoms with E-state index >= 15 is 0 Å². The van der Waals surface area contributed by atoms with Gasteiger partial charge >= 0.3 is 0 Å². The van der Waals surface area contributed by atoms with Crippen molar-refractivity contribution in [2.24, 2.45) is 0 Å². The van der Waals surface area contributed by atoms with Gasteiger partial charge in [0.15, 0.2) is 6.10 Å². The molecule has 1 amide bonds. The maximum absolute atomic E-state index is 12.5. The molecule has 1 atom stereocenters. The Morgan fingerprint density at radius 3 is 2.68 bits per heavy atom. The lowest BCUT2D eigenvalue weighted by Crippen LogP contribution is -2.40. The second kappa shape index (κ2) is 9.07. The summed E-state index contributed by atoms with van der Waals surface area (Å²) in [5.41, 5.74) is 0.457. The highest BCUT2D eigenvalue weighted by Gasteiger charge is 2.30. The van der Waals surface area contributed by atoms with Crippen LogP contribution in [0.1, 0.15) is 6.42 Å². The van der Waals surface area contributed by atoms with Crippen LogP contribution >= 0.6 is 23.4 Å². The van der Waals surface area contributed by atoms with Crippen molar-refractivity contribution < 1.29 is 17.9 Å². The maximum atomic E-state index is 12.5. The minimum atomic E-state index is -3.46. The van der Waals surface area contributed by atoms with Crippen molar-refractivity contribution in [2.45, 2.75) is 17.4 Å². The first-order valence-electron chi connectivity index (χ1n) is 8.74. The van der Waals surface area contributed by atoms with Crippen LogP contribution in [0.25, 0.3) is 0 Å². The largest absolute Gasteiger partial charge is 0.478 e. The molecule has 0 aromatic heterocycles. The third-order valence-corrected chi connectivity index (χ3v) is 6.62. The van der Waals surface area contributed by atoms with E-state index in [-0.39, 0.29) is 18.9 Å². The fourth-order valence-electron chi connectivity index (χ4n) is 2.85. The molecular weight excluding hydrogens is 420 g/mol. The summed E-state index contributed by atoms with van der Waals surface area (Å²) in [7, 11) is -3.46. The number of nitrogens with zero attached hydrogens (tertiary/aromatic N) is 1. The highest BCUT2D eigenvalue weighted by molar-refractivity contribution is 7.99. The van der Waals surface area contributed by atoms with Crippen LogP contribution in [0.3, 0.4) is 0 Å². The normalized spacial score (nSPS) is 16.6. The molecule has 6 nitrogen and oxygen atoms in total. The number of hydrogen-bond acceptors (Lipinski definition) is 5. The molecule has 9 heteroatoms. The van der Waals surface area contributed by atoms with E-state index in [1.165, 1.54) is 4.31 Å². The molecule has 2 aromatic rings. The highest BCUT2D eigenvalue weighted by Crippen LogP contribution is 2.33. The number of sulfonamides is 1. The highest BCUT2D eigenvalue weighted by atomic mass is 35.5. The number of carbonyl (C=O) groups excluding carboxylic acids is 1. The predicted molar refractivity (Wildman–Crippen MR) is 113 cm³/mol. The quantitative estimate of drug-likeness (QED) is 0.551. The number of thioether (sulfide) groups is 1. The first-order chi connectivity index (χ1) is 13.3. The Labute approximate surface area is 174 Å². The van der Waals surface area contributed by atoms with Crippen LogP contribution in [0, 0.1) is 0 Å². The topological polar surface area (TPSA) is 75.7 Å². The molecule has 0 saturated carbocycles. The van der Waals surface area contributed by atoms with E-state index in [1.54, 1.807) is 36.0 Å². The van der Waals surface area contributed by atoms with Crippen molar-refractivity contribution in [3.63, 3.8) is 0 Å². The molecular formula is C19H21ClN2O4S2. The summed E-state index contributed by atoms with van der Waals surface area (Å²) in [5, 5.41) is 3.55. The number of anilines is 1. The molecule has 0 saturated heterocycles. The first kappa shape index (κ1) is 20.8. The summed E-state index contributed by atoms with van der Waals surface area (Å²) in [4.78, 5) is 13.6. The van der Waals surface area contributed by atoms with Gasteiger partial charge in [0.25, 0.3) is 5.91 Å². The number of rotatable bonds is 6. The minimum Gasteiger partial charge on any atom is -0.478 e. The molecule has 1 N–H and O–H groups in total. The lowest BCUT2D eigenvalue weighted by atomic mass is 10.2. The lowest BCUT2D eigenvalue weighted by molar-refractivity contribution is -0.127. The lowest BCUT2D eigenvalue weighted by Gasteiger charge is -2.20. The van der Waals surface area contributed by atoms with Gasteiger partial charge in [0.2, 0.25) is 10.0 Å². The predicted octanol–water partition coefficient (Wildman–Crippen LogP) is 3.17. The molecule has 0 aliphatic carbocycles. The molecule has 1 heterocycles. The zero-order valence-electron chi connectivity index (χ0n) is 15.3. The second-order valence-corrected chi connectivity index (χ2v) is 9.80. The summed E-state index contributed by atoms with van der Waals surface area (Å²) in [6, 6.07) is 14.4. The van der Waals surface area contributed by atoms with Crippen molar-refractivity contribution in [1.29, 1.82) is 0 Å². The SMILES string of the molecule is CS(=O)(=O)N1CCC(C(=O)NCCSc2ccc(Cl)cc2)Oc2ccccc21. The Hall–Kier alpha value is -1.90. The zero-order chi connectivity index (χ0) is 20.1. The third-order valence-electron chi connectivity index (χ3n) is 4.17. The van der Waals surface area contributed by atoms with E-state index in [2.05, 4.69) is 5.32 Å². The van der Waals surface area contributed by atoms with Gasteiger partial charge in [-0.1, -0.05) is 23.7 Å². The van der Waals surface area contributed by atoms with E-state index < -0.39 is 16.1 Å². The second-order valence-electron chi connectivity index (χ2n) is 6.29. The van der Waals surface area contributed by atoms with Crippen molar-refractivity contribution >= 4 is 45.0 Å². The Morgan fingerprint density at radius 1 is 1.25 bits per heavy atom. The monoisotopic (exact) mass is 440 g/mol. The van der Waals surface area contributed by atoms with Crippen molar-refractivity contribution in [3.05, 3.63) is 53.6 Å². The standard InChI is InChI=1S/C19H21ClN2O4S2/c1-28(24,25)22-12-10-18(26-17-5-3-2-4-16(17)22)19(23)21-11-13-27-15-8-6-14(20)7-9-15/h2-9,18H,10-13H2,1H3,(H,21,23). The van der Waals surface area contributed by atoms with E-state index in [4.69, 9.17) is 16.3 Å². The molecule has 1 unspecified atom stereocenters. The van der Waals surface area contributed by atoms with Gasteiger partial charge in [-0.05, 0) is 36.4 Å². The summed E-state index contributed by atoms with van der Waals surface area (Å²) >= 11 is 7.48. The summed E-state index contributed by atoms with van der Waals surface area (Å²) in [6.07, 6.45) is 0.684. The number of halogens is 1. The van der Waals surface area contributed by atoms with Gasteiger partial charge in [-0.2, -0.15) is 0 Å². The number of nitrogens with one attached hydrogen (secondary N) is 1. The molecule has 2 aromatic carbocycles. The van der Waals surface area contributed by atoms with E-state index in [1.807, 2.05) is 24.3 Å². The van der Waals surface area contributed by atoms with Crippen LogP contribution in [0.2, 0.25) is 5.02 Å². The van der Waals surface area contributed by atoms with Crippen molar-refractivity contribution in [3.8, 4) is 5.75 Å². The Bertz CT molecular complexity index is 935. The van der Waals surface area contributed by atoms with Gasteiger partial charge in [-0.15, -0.1) is 11.8 Å². The van der Waals surface area contributed by atoms with Gasteiger partial charge in [-0.25, -0.2) is 8.42 Å². The summed E-state index contributed by atoms with van der Waals surface area (Å²) in [6.45, 7) is 0.664. The fraction of sp³-hybridized carbons (Fsp3) is 0.316. The first-order valence-corrected chi connectivity index (χ1v) is 12.0. The molecule has 0 bridgehead atoms. The van der Waals surface area contributed by atoms with Crippen LogP contribution < -0.4 is 14.4 Å². The molecule has 0 radical (unpaired) electrons. The molecule has 0 fully saturated rings. The van der Waals surface area contributed by atoms with Gasteiger partial charge in [0.1, 0.15) is 5.75 Å². The molecule has 1 aliphatic rings. The van der Waals surface area contributed by atoms with E-state index in [0.717, 1.165) is 11.2 Å². The minimum absolute atomic E-state index is 0.188. The maximum Gasteiger partial charge on any atom is 0.261 e. The number of fused-ring (bicyclic) bond motifs is 1. The van der Waals surface area contributed by atoms with Gasteiger partial charge in [0, 0.05) is 35.2 Å². The molecule has 28 heavy (non-hydrogen) atoms. The van der Waals surface area contributed by atoms with Crippen molar-refractivity contribution in [1.82, 2.24) is 5.32 Å². The number of para-hydroxylation sites is 2. The molecule has 150 valence electrons. The zero-order valence-corrected chi connectivity index (χ0v) is 17.7. The van der Waals surface area contributed by atoms with Crippen LogP contribution in [0.4, 0.5) is 5.69 Å². The van der Waals surface area contributed by atoms with Gasteiger partial charge in [0.05, 0.1) is 11.9 Å². The molecule has 0 spiro atoms. The average Bonchev–Trinajstić information content (AvgIpc) is 2.86. The fourth-order valence-corrected chi connectivity index (χ4v) is 4.69. The number of hydrogen-bond donors (Lipinski definition) is 1.